The van der Waals surface area contributed by atoms with Crippen LogP contribution in [-0.2, 0) is 16.1 Å². The SMILES string of the molecule is COC(=O)C1C2c3ccccc3OC1(C)N=c1sc(=Cc3ccc(OC)c(COc4ccc(I)cc4)c3)c(=O)n12. The molecule has 3 heterocycles. The third-order valence-corrected chi connectivity index (χ3v) is 8.85. The summed E-state index contributed by atoms with van der Waals surface area (Å²) in [5.41, 5.74) is 0.971. The molecule has 3 atom stereocenters. The predicted molar refractivity (Wildman–Crippen MR) is 159 cm³/mol. The van der Waals surface area contributed by atoms with Crippen LogP contribution in [0.4, 0.5) is 0 Å². The van der Waals surface area contributed by atoms with E-state index in [4.69, 9.17) is 23.9 Å². The van der Waals surface area contributed by atoms with Crippen LogP contribution in [0.25, 0.3) is 6.08 Å². The smallest absolute Gasteiger partial charge is 0.317 e. The summed E-state index contributed by atoms with van der Waals surface area (Å²) in [5.74, 6) is 0.751. The van der Waals surface area contributed by atoms with Crippen molar-refractivity contribution in [3.63, 3.8) is 0 Å². The summed E-state index contributed by atoms with van der Waals surface area (Å²) in [5, 5.41) is 0. The van der Waals surface area contributed by atoms with Gasteiger partial charge in [0.2, 0.25) is 5.72 Å². The Balaban J connectivity index is 1.43. The van der Waals surface area contributed by atoms with Crippen molar-refractivity contribution < 1.29 is 23.7 Å². The largest absolute Gasteiger partial charge is 0.496 e. The molecule has 0 radical (unpaired) electrons. The molecule has 3 unspecified atom stereocenters. The van der Waals surface area contributed by atoms with Gasteiger partial charge in [0, 0.05) is 14.7 Å². The summed E-state index contributed by atoms with van der Waals surface area (Å²) in [6.07, 6.45) is 1.83. The van der Waals surface area contributed by atoms with Crippen LogP contribution < -0.4 is 29.1 Å². The molecule has 8 nitrogen and oxygen atoms in total. The van der Waals surface area contributed by atoms with Crippen molar-refractivity contribution in [2.45, 2.75) is 25.3 Å². The Labute approximate surface area is 247 Å². The summed E-state index contributed by atoms with van der Waals surface area (Å²) < 4.78 is 26.1. The fraction of sp³-hybridized carbons (Fsp3) is 0.233. The molecule has 0 fully saturated rings. The number of ether oxygens (including phenoxy) is 4. The lowest BCUT2D eigenvalue weighted by Crippen LogP contribution is -2.58. The number of halogens is 1. The number of para-hydroxylation sites is 1. The van der Waals surface area contributed by atoms with Crippen LogP contribution in [0.15, 0.2) is 76.5 Å². The number of carbonyl (C=O) groups excluding carboxylic acids is 1. The number of hydrogen-bond donors (Lipinski definition) is 0. The predicted octanol–water partition coefficient (Wildman–Crippen LogP) is 4.05. The molecular weight excluding hydrogens is 643 g/mol. The number of benzene rings is 3. The number of aromatic nitrogens is 1. The van der Waals surface area contributed by atoms with Crippen LogP contribution in [0, 0.1) is 9.49 Å². The topological polar surface area (TPSA) is 88.4 Å². The van der Waals surface area contributed by atoms with Crippen LogP contribution in [0.3, 0.4) is 0 Å². The minimum absolute atomic E-state index is 0.228. The molecule has 1 aromatic heterocycles. The van der Waals surface area contributed by atoms with Crippen molar-refractivity contribution in [3.8, 4) is 17.2 Å². The monoisotopic (exact) mass is 668 g/mol. The number of fused-ring (bicyclic) bond motifs is 6. The summed E-state index contributed by atoms with van der Waals surface area (Å²) in [7, 11) is 2.95. The number of hydrogen-bond acceptors (Lipinski definition) is 8. The van der Waals surface area contributed by atoms with E-state index in [2.05, 4.69) is 22.6 Å². The van der Waals surface area contributed by atoms with Crippen LogP contribution in [0.1, 0.15) is 29.7 Å². The Bertz CT molecular complexity index is 1800. The average molecular weight is 669 g/mol. The van der Waals surface area contributed by atoms with Crippen LogP contribution in [-0.4, -0.2) is 30.5 Å². The lowest BCUT2D eigenvalue weighted by molar-refractivity contribution is -0.158. The van der Waals surface area contributed by atoms with Gasteiger partial charge >= 0.3 is 5.97 Å². The molecular formula is C30H25IN2O6S. The van der Waals surface area contributed by atoms with Gasteiger partial charge in [0.1, 0.15) is 29.8 Å². The molecule has 3 aromatic carbocycles. The molecule has 2 aliphatic rings. The van der Waals surface area contributed by atoms with Crippen LogP contribution in [0.2, 0.25) is 0 Å². The maximum absolute atomic E-state index is 13.9. The van der Waals surface area contributed by atoms with E-state index in [1.807, 2.05) is 72.8 Å². The molecule has 0 saturated heterocycles. The van der Waals surface area contributed by atoms with Gasteiger partial charge in [0.15, 0.2) is 4.80 Å². The Morgan fingerprint density at radius 2 is 1.93 bits per heavy atom. The highest BCUT2D eigenvalue weighted by atomic mass is 127. The number of nitrogens with zero attached hydrogens (tertiary/aromatic N) is 2. The summed E-state index contributed by atoms with van der Waals surface area (Å²) in [6.45, 7) is 2.06. The minimum Gasteiger partial charge on any atom is -0.496 e. The van der Waals surface area contributed by atoms with E-state index in [0.717, 1.165) is 26.0 Å². The average Bonchev–Trinajstić information content (AvgIpc) is 3.24. The fourth-order valence-corrected chi connectivity index (χ4v) is 6.73. The minimum atomic E-state index is -1.21. The van der Waals surface area contributed by atoms with Gasteiger partial charge in [-0.2, -0.15) is 0 Å². The Morgan fingerprint density at radius 1 is 1.15 bits per heavy atom. The quantitative estimate of drug-likeness (QED) is 0.228. The third kappa shape index (κ3) is 4.58. The first kappa shape index (κ1) is 26.6. The van der Waals surface area contributed by atoms with Crippen molar-refractivity contribution in [2.75, 3.05) is 14.2 Å². The maximum Gasteiger partial charge on any atom is 0.317 e. The normalized spacial score (nSPS) is 20.9. The zero-order valence-electron chi connectivity index (χ0n) is 21.9. The van der Waals surface area contributed by atoms with Gasteiger partial charge in [-0.15, -0.1) is 0 Å². The van der Waals surface area contributed by atoms with Crippen LogP contribution >= 0.6 is 33.9 Å². The highest BCUT2D eigenvalue weighted by molar-refractivity contribution is 14.1. The second-order valence-electron chi connectivity index (χ2n) is 9.63. The summed E-state index contributed by atoms with van der Waals surface area (Å²) in [6, 6.07) is 20.3. The highest BCUT2D eigenvalue weighted by Gasteiger charge is 2.55. The summed E-state index contributed by atoms with van der Waals surface area (Å²) in [4.78, 5) is 32.1. The van der Waals surface area contributed by atoms with Gasteiger partial charge < -0.3 is 18.9 Å². The number of esters is 1. The van der Waals surface area contributed by atoms with Gasteiger partial charge in [-0.1, -0.05) is 35.6 Å². The number of methoxy groups -OCH3 is 2. The molecule has 0 amide bonds. The first-order valence-corrected chi connectivity index (χ1v) is 14.4. The van der Waals surface area contributed by atoms with E-state index in [9.17, 15) is 9.59 Å². The van der Waals surface area contributed by atoms with E-state index in [0.29, 0.717) is 27.4 Å². The molecule has 6 rings (SSSR count). The van der Waals surface area contributed by atoms with E-state index in [1.165, 1.54) is 18.4 Å². The van der Waals surface area contributed by atoms with E-state index in [1.54, 1.807) is 18.6 Å². The van der Waals surface area contributed by atoms with Crippen molar-refractivity contribution in [1.29, 1.82) is 0 Å². The molecule has 10 heteroatoms. The van der Waals surface area contributed by atoms with Gasteiger partial charge in [0.05, 0.1) is 24.8 Å². The number of carbonyl (C=O) groups is 1. The van der Waals surface area contributed by atoms with E-state index >= 15 is 0 Å². The lowest BCUT2D eigenvalue weighted by atomic mass is 9.81. The van der Waals surface area contributed by atoms with Crippen LogP contribution in [0.5, 0.6) is 17.2 Å². The lowest BCUT2D eigenvalue weighted by Gasteiger charge is -2.44. The highest BCUT2D eigenvalue weighted by Crippen LogP contribution is 2.47. The second-order valence-corrected chi connectivity index (χ2v) is 11.9. The first-order valence-electron chi connectivity index (χ1n) is 12.6. The van der Waals surface area contributed by atoms with E-state index in [-0.39, 0.29) is 5.56 Å². The zero-order chi connectivity index (χ0) is 28.0. The molecule has 0 N–H and O–H groups in total. The zero-order valence-corrected chi connectivity index (χ0v) is 24.9. The van der Waals surface area contributed by atoms with Crippen molar-refractivity contribution in [2.24, 2.45) is 10.9 Å². The number of rotatable bonds is 6. The Kier molecular flexibility index (Phi) is 6.91. The summed E-state index contributed by atoms with van der Waals surface area (Å²) >= 11 is 3.52. The Hall–Kier alpha value is -3.64. The Morgan fingerprint density at radius 3 is 2.67 bits per heavy atom. The molecule has 204 valence electrons. The van der Waals surface area contributed by atoms with Gasteiger partial charge in [0.25, 0.3) is 5.56 Å². The van der Waals surface area contributed by atoms with Crippen molar-refractivity contribution in [1.82, 2.24) is 4.57 Å². The molecule has 0 aliphatic carbocycles. The second kappa shape index (κ2) is 10.4. The van der Waals surface area contributed by atoms with Gasteiger partial charge in [-0.25, -0.2) is 4.99 Å². The maximum atomic E-state index is 13.9. The molecule has 2 aliphatic heterocycles. The third-order valence-electron chi connectivity index (χ3n) is 7.15. The molecule has 2 bridgehead atoms. The standard InChI is InChI=1S/C30H25IN2O6S/c1-30-25(28(35)37-3)26(21-6-4-5-7-23(21)39-30)33-27(34)24(40-29(33)32-30)15-17-8-13-22(36-2)18(14-17)16-38-20-11-9-19(31)10-12-20/h4-15,25-26H,16H2,1-3H3. The number of thiazole rings is 1. The van der Waals surface area contributed by atoms with Gasteiger partial charge in [-0.05, 0) is 83.6 Å². The van der Waals surface area contributed by atoms with Gasteiger partial charge in [-0.3, -0.25) is 14.2 Å². The van der Waals surface area contributed by atoms with Crippen molar-refractivity contribution in [3.05, 3.63) is 107 Å². The van der Waals surface area contributed by atoms with Crippen molar-refractivity contribution >= 4 is 46.0 Å². The fourth-order valence-electron chi connectivity index (χ4n) is 5.28. The molecule has 40 heavy (non-hydrogen) atoms. The van der Waals surface area contributed by atoms with E-state index < -0.39 is 23.7 Å². The molecule has 0 saturated carbocycles. The first-order chi connectivity index (χ1) is 19.3. The molecule has 4 aromatic rings. The molecule has 0 spiro atoms.